The van der Waals surface area contributed by atoms with Crippen molar-refractivity contribution in [2.75, 3.05) is 10.6 Å². The molecule has 0 radical (unpaired) electrons. The molecule has 2 aromatic carbocycles. The van der Waals surface area contributed by atoms with Gasteiger partial charge in [0.2, 0.25) is 0 Å². The monoisotopic (exact) mass is 378 g/mol. The van der Waals surface area contributed by atoms with Crippen LogP contribution >= 0.6 is 23.2 Å². The molecule has 1 heterocycles. The zero-order chi connectivity index (χ0) is 17.8. The van der Waals surface area contributed by atoms with Crippen molar-refractivity contribution in [3.8, 4) is 0 Å². The van der Waals surface area contributed by atoms with Crippen molar-refractivity contribution in [3.63, 3.8) is 0 Å². The third-order valence-electron chi connectivity index (χ3n) is 3.29. The molecule has 0 aliphatic rings. The SMILES string of the molecule is O=C(Nc1cccc(F)c1)Nc1ccn(Cc2ccc(Cl)c(Cl)c2)n1. The summed E-state index contributed by atoms with van der Waals surface area (Å²) in [4.78, 5) is 11.9. The molecular weight excluding hydrogens is 366 g/mol. The van der Waals surface area contributed by atoms with Gasteiger partial charge in [-0.05, 0) is 35.9 Å². The molecule has 0 spiro atoms. The molecule has 128 valence electrons. The van der Waals surface area contributed by atoms with Crippen molar-refractivity contribution in [1.29, 1.82) is 0 Å². The van der Waals surface area contributed by atoms with Crippen LogP contribution in [0, 0.1) is 5.82 Å². The summed E-state index contributed by atoms with van der Waals surface area (Å²) in [5, 5.41) is 10.3. The van der Waals surface area contributed by atoms with Crippen LogP contribution < -0.4 is 10.6 Å². The first-order chi connectivity index (χ1) is 12.0. The normalized spacial score (nSPS) is 10.5. The summed E-state index contributed by atoms with van der Waals surface area (Å²) in [5.41, 5.74) is 1.28. The van der Waals surface area contributed by atoms with Gasteiger partial charge in [0.05, 0.1) is 16.6 Å². The first-order valence-corrected chi connectivity index (χ1v) is 8.06. The van der Waals surface area contributed by atoms with Crippen LogP contribution in [0.3, 0.4) is 0 Å². The smallest absolute Gasteiger partial charge is 0.308 e. The zero-order valence-electron chi connectivity index (χ0n) is 12.8. The minimum Gasteiger partial charge on any atom is -0.308 e. The number of rotatable bonds is 4. The number of halogens is 3. The van der Waals surface area contributed by atoms with Crippen LogP contribution in [0.15, 0.2) is 54.7 Å². The molecule has 2 amide bonds. The van der Waals surface area contributed by atoms with E-state index in [1.54, 1.807) is 35.1 Å². The van der Waals surface area contributed by atoms with E-state index < -0.39 is 11.8 Å². The Bertz CT molecular complexity index is 913. The van der Waals surface area contributed by atoms with E-state index in [1.165, 1.54) is 18.2 Å². The number of hydrogen-bond donors (Lipinski definition) is 2. The number of nitrogens with one attached hydrogen (secondary N) is 2. The van der Waals surface area contributed by atoms with Crippen LogP contribution in [0.25, 0.3) is 0 Å². The average Bonchev–Trinajstić information content (AvgIpc) is 2.98. The molecule has 0 bridgehead atoms. The lowest BCUT2D eigenvalue weighted by Gasteiger charge is -2.06. The van der Waals surface area contributed by atoms with Crippen LogP contribution in [0.4, 0.5) is 20.7 Å². The fraction of sp³-hybridized carbons (Fsp3) is 0.0588. The molecular formula is C17H13Cl2FN4O. The van der Waals surface area contributed by atoms with Gasteiger partial charge < -0.3 is 5.32 Å². The highest BCUT2D eigenvalue weighted by atomic mass is 35.5. The molecule has 2 N–H and O–H groups in total. The quantitative estimate of drug-likeness (QED) is 0.669. The summed E-state index contributed by atoms with van der Waals surface area (Å²) in [6.07, 6.45) is 1.72. The lowest BCUT2D eigenvalue weighted by Crippen LogP contribution is -2.20. The molecule has 0 saturated carbocycles. The third kappa shape index (κ3) is 4.71. The second-order valence-corrected chi connectivity index (χ2v) is 6.05. The maximum atomic E-state index is 13.1. The predicted molar refractivity (Wildman–Crippen MR) is 96.8 cm³/mol. The molecule has 0 fully saturated rings. The van der Waals surface area contributed by atoms with E-state index in [0.29, 0.717) is 28.1 Å². The van der Waals surface area contributed by atoms with Crippen LogP contribution in [-0.2, 0) is 6.54 Å². The van der Waals surface area contributed by atoms with Gasteiger partial charge in [-0.3, -0.25) is 10.00 Å². The summed E-state index contributed by atoms with van der Waals surface area (Å²) < 4.78 is 14.8. The molecule has 0 saturated heterocycles. The van der Waals surface area contributed by atoms with Crippen LogP contribution in [0.2, 0.25) is 10.0 Å². The molecule has 3 aromatic rings. The molecule has 8 heteroatoms. The minimum atomic E-state index is -0.509. The van der Waals surface area contributed by atoms with Gasteiger partial charge >= 0.3 is 6.03 Å². The fourth-order valence-electron chi connectivity index (χ4n) is 2.19. The van der Waals surface area contributed by atoms with E-state index in [4.69, 9.17) is 23.2 Å². The molecule has 0 atom stereocenters. The highest BCUT2D eigenvalue weighted by Crippen LogP contribution is 2.23. The lowest BCUT2D eigenvalue weighted by atomic mass is 10.2. The minimum absolute atomic E-state index is 0.354. The fourth-order valence-corrected chi connectivity index (χ4v) is 2.51. The zero-order valence-corrected chi connectivity index (χ0v) is 14.4. The number of anilines is 2. The molecule has 25 heavy (non-hydrogen) atoms. The number of hydrogen-bond acceptors (Lipinski definition) is 2. The van der Waals surface area contributed by atoms with E-state index in [-0.39, 0.29) is 0 Å². The number of nitrogens with zero attached hydrogens (tertiary/aromatic N) is 2. The average molecular weight is 379 g/mol. The number of amides is 2. The Kier molecular flexibility index (Phi) is 5.21. The molecule has 3 rings (SSSR count). The maximum Gasteiger partial charge on any atom is 0.324 e. The number of carbonyl (C=O) groups is 1. The Labute approximate surface area is 153 Å². The number of benzene rings is 2. The van der Waals surface area contributed by atoms with E-state index in [0.717, 1.165) is 5.56 Å². The van der Waals surface area contributed by atoms with Gasteiger partial charge in [0.1, 0.15) is 5.82 Å². The van der Waals surface area contributed by atoms with Crippen LogP contribution in [-0.4, -0.2) is 15.8 Å². The van der Waals surface area contributed by atoms with Crippen LogP contribution in [0.1, 0.15) is 5.56 Å². The molecule has 5 nitrogen and oxygen atoms in total. The molecule has 0 aliphatic carbocycles. The van der Waals surface area contributed by atoms with E-state index >= 15 is 0 Å². The largest absolute Gasteiger partial charge is 0.324 e. The first-order valence-electron chi connectivity index (χ1n) is 7.30. The number of urea groups is 1. The van der Waals surface area contributed by atoms with E-state index in [1.807, 2.05) is 6.07 Å². The lowest BCUT2D eigenvalue weighted by molar-refractivity contribution is 0.262. The molecule has 0 aliphatic heterocycles. The van der Waals surface area contributed by atoms with Crippen molar-refractivity contribution in [3.05, 3.63) is 76.2 Å². The summed E-state index contributed by atoms with van der Waals surface area (Å²) in [5.74, 6) is -0.0577. The number of aromatic nitrogens is 2. The second-order valence-electron chi connectivity index (χ2n) is 5.24. The van der Waals surface area contributed by atoms with Crippen molar-refractivity contribution >= 4 is 40.7 Å². The first kappa shape index (κ1) is 17.3. The third-order valence-corrected chi connectivity index (χ3v) is 4.03. The Morgan fingerprint density at radius 2 is 1.92 bits per heavy atom. The standard InChI is InChI=1S/C17H13Cl2FN4O/c18-14-5-4-11(8-15(14)19)10-24-7-6-16(23-24)22-17(25)21-13-3-1-2-12(20)9-13/h1-9H,10H2,(H2,21,22,23,25). The van der Waals surface area contributed by atoms with Crippen LogP contribution in [0.5, 0.6) is 0 Å². The van der Waals surface area contributed by atoms with Gasteiger partial charge in [-0.25, -0.2) is 9.18 Å². The van der Waals surface area contributed by atoms with Gasteiger partial charge in [-0.1, -0.05) is 35.3 Å². The van der Waals surface area contributed by atoms with Gasteiger partial charge in [-0.15, -0.1) is 0 Å². The van der Waals surface area contributed by atoms with E-state index in [9.17, 15) is 9.18 Å². The van der Waals surface area contributed by atoms with Gasteiger partial charge in [0.25, 0.3) is 0 Å². The van der Waals surface area contributed by atoms with Crippen molar-refractivity contribution < 1.29 is 9.18 Å². The summed E-state index contributed by atoms with van der Waals surface area (Å²) in [7, 11) is 0. The molecule has 1 aromatic heterocycles. The van der Waals surface area contributed by atoms with Gasteiger partial charge in [0, 0.05) is 18.0 Å². The Morgan fingerprint density at radius 3 is 2.68 bits per heavy atom. The number of carbonyl (C=O) groups excluding carboxylic acids is 1. The maximum absolute atomic E-state index is 13.1. The van der Waals surface area contributed by atoms with Crippen molar-refractivity contribution in [1.82, 2.24) is 9.78 Å². The topological polar surface area (TPSA) is 59.0 Å². The van der Waals surface area contributed by atoms with E-state index in [2.05, 4.69) is 15.7 Å². The Morgan fingerprint density at radius 1 is 1.08 bits per heavy atom. The Balaban J connectivity index is 1.61. The van der Waals surface area contributed by atoms with Gasteiger partial charge in [-0.2, -0.15) is 5.10 Å². The highest BCUT2D eigenvalue weighted by Gasteiger charge is 2.07. The second kappa shape index (κ2) is 7.55. The van der Waals surface area contributed by atoms with Gasteiger partial charge in [0.15, 0.2) is 5.82 Å². The highest BCUT2D eigenvalue weighted by molar-refractivity contribution is 6.42. The van der Waals surface area contributed by atoms with Crippen molar-refractivity contribution in [2.24, 2.45) is 0 Å². The Hall–Kier alpha value is -2.57. The molecule has 0 unspecified atom stereocenters. The summed E-state index contributed by atoms with van der Waals surface area (Å²) in [6.45, 7) is 0.476. The predicted octanol–water partition coefficient (Wildman–Crippen LogP) is 5.02. The summed E-state index contributed by atoms with van der Waals surface area (Å²) >= 11 is 11.9. The summed E-state index contributed by atoms with van der Waals surface area (Å²) in [6, 6.07) is 12.1. The van der Waals surface area contributed by atoms with Crippen molar-refractivity contribution in [2.45, 2.75) is 6.54 Å².